The molecular formula is C14H19N3O3. The number of nitro groups is 1. The Morgan fingerprint density at radius 1 is 1.30 bits per heavy atom. The van der Waals surface area contributed by atoms with Gasteiger partial charge >= 0.3 is 0 Å². The molecule has 1 fully saturated rings. The van der Waals surface area contributed by atoms with Crippen molar-refractivity contribution in [3.63, 3.8) is 0 Å². The van der Waals surface area contributed by atoms with Crippen LogP contribution in [0.3, 0.4) is 0 Å². The van der Waals surface area contributed by atoms with Crippen molar-refractivity contribution in [2.24, 2.45) is 0 Å². The summed E-state index contributed by atoms with van der Waals surface area (Å²) >= 11 is 0. The molecule has 6 nitrogen and oxygen atoms in total. The standard InChI is InChI=1S/C14H19N3O3/c18-14(13-4-2-1-3-9-15-13)16-10-11-5-7-12(8-6-11)17(19)20/h5-8,13,15H,1-4,9-10H2,(H,16,18). The second kappa shape index (κ2) is 7.00. The van der Waals surface area contributed by atoms with Crippen molar-refractivity contribution in [3.8, 4) is 0 Å². The number of hydrogen-bond acceptors (Lipinski definition) is 4. The second-order valence-electron chi connectivity index (χ2n) is 5.00. The second-order valence-corrected chi connectivity index (χ2v) is 5.00. The number of carbonyl (C=O) groups excluding carboxylic acids is 1. The number of carbonyl (C=O) groups is 1. The van der Waals surface area contributed by atoms with E-state index in [9.17, 15) is 14.9 Å². The molecule has 0 radical (unpaired) electrons. The molecule has 2 rings (SSSR count). The molecule has 0 aliphatic carbocycles. The molecule has 1 saturated heterocycles. The van der Waals surface area contributed by atoms with Gasteiger partial charge in [0.2, 0.25) is 5.91 Å². The Labute approximate surface area is 117 Å². The summed E-state index contributed by atoms with van der Waals surface area (Å²) in [6.45, 7) is 1.28. The van der Waals surface area contributed by atoms with E-state index in [2.05, 4.69) is 10.6 Å². The summed E-state index contributed by atoms with van der Waals surface area (Å²) in [6, 6.07) is 6.12. The largest absolute Gasteiger partial charge is 0.351 e. The summed E-state index contributed by atoms with van der Waals surface area (Å²) in [4.78, 5) is 22.1. The maximum Gasteiger partial charge on any atom is 0.269 e. The molecule has 2 N–H and O–H groups in total. The van der Waals surface area contributed by atoms with E-state index in [1.807, 2.05) is 0 Å². The first kappa shape index (κ1) is 14.5. The molecule has 0 bridgehead atoms. The van der Waals surface area contributed by atoms with Crippen molar-refractivity contribution < 1.29 is 9.72 Å². The van der Waals surface area contributed by atoms with Gasteiger partial charge in [-0.25, -0.2) is 0 Å². The molecule has 0 aromatic heterocycles. The molecule has 1 aliphatic heterocycles. The number of nitrogens with zero attached hydrogens (tertiary/aromatic N) is 1. The highest BCUT2D eigenvalue weighted by Gasteiger charge is 2.18. The first-order valence-corrected chi connectivity index (χ1v) is 6.91. The number of rotatable bonds is 4. The fraction of sp³-hybridized carbons (Fsp3) is 0.500. The first-order valence-electron chi connectivity index (χ1n) is 6.91. The average molecular weight is 277 g/mol. The number of non-ortho nitro benzene ring substituents is 1. The topological polar surface area (TPSA) is 84.3 Å². The lowest BCUT2D eigenvalue weighted by molar-refractivity contribution is -0.384. The molecule has 1 aromatic rings. The van der Waals surface area contributed by atoms with Gasteiger partial charge in [0.1, 0.15) is 0 Å². The summed E-state index contributed by atoms with van der Waals surface area (Å²) < 4.78 is 0. The summed E-state index contributed by atoms with van der Waals surface area (Å²) in [5.74, 6) is 0.00486. The van der Waals surface area contributed by atoms with Crippen LogP contribution in [-0.4, -0.2) is 23.4 Å². The van der Waals surface area contributed by atoms with Crippen LogP contribution < -0.4 is 10.6 Å². The van der Waals surface area contributed by atoms with E-state index < -0.39 is 4.92 Å². The number of amides is 1. The summed E-state index contributed by atoms with van der Waals surface area (Å²) in [6.07, 6.45) is 4.22. The van der Waals surface area contributed by atoms with Crippen LogP contribution in [0.1, 0.15) is 31.2 Å². The highest BCUT2D eigenvalue weighted by molar-refractivity contribution is 5.81. The zero-order chi connectivity index (χ0) is 14.4. The minimum absolute atomic E-state index is 0.00486. The van der Waals surface area contributed by atoms with Gasteiger partial charge in [-0.15, -0.1) is 0 Å². The molecule has 0 saturated carbocycles. The molecule has 1 aliphatic rings. The van der Waals surface area contributed by atoms with Gasteiger partial charge in [-0.05, 0) is 24.9 Å². The van der Waals surface area contributed by atoms with E-state index in [4.69, 9.17) is 0 Å². The van der Waals surface area contributed by atoms with E-state index in [0.717, 1.165) is 31.4 Å². The van der Waals surface area contributed by atoms with Crippen LogP contribution in [0.25, 0.3) is 0 Å². The van der Waals surface area contributed by atoms with Crippen molar-refractivity contribution in [2.75, 3.05) is 6.54 Å². The van der Waals surface area contributed by atoms with Crippen LogP contribution in [0.2, 0.25) is 0 Å². The molecule has 20 heavy (non-hydrogen) atoms. The maximum absolute atomic E-state index is 12.0. The zero-order valence-electron chi connectivity index (χ0n) is 11.3. The minimum atomic E-state index is -0.433. The van der Waals surface area contributed by atoms with Gasteiger partial charge in [-0.3, -0.25) is 14.9 Å². The van der Waals surface area contributed by atoms with E-state index in [-0.39, 0.29) is 17.6 Å². The number of nitrogens with one attached hydrogen (secondary N) is 2. The van der Waals surface area contributed by atoms with Crippen LogP contribution in [-0.2, 0) is 11.3 Å². The quantitative estimate of drug-likeness (QED) is 0.648. The Kier molecular flexibility index (Phi) is 5.06. The van der Waals surface area contributed by atoms with Gasteiger partial charge in [0.25, 0.3) is 5.69 Å². The number of benzene rings is 1. The first-order chi connectivity index (χ1) is 9.66. The third-order valence-corrected chi connectivity index (χ3v) is 3.49. The molecule has 1 atom stereocenters. The SMILES string of the molecule is O=C(NCc1ccc([N+](=O)[O-])cc1)C1CCCCCN1. The van der Waals surface area contributed by atoms with Gasteiger partial charge in [0.05, 0.1) is 11.0 Å². The maximum atomic E-state index is 12.0. The molecule has 1 aromatic carbocycles. The van der Waals surface area contributed by atoms with Gasteiger partial charge in [-0.1, -0.05) is 25.0 Å². The Balaban J connectivity index is 1.84. The van der Waals surface area contributed by atoms with Crippen molar-refractivity contribution in [3.05, 3.63) is 39.9 Å². The lowest BCUT2D eigenvalue weighted by atomic mass is 10.1. The molecule has 1 heterocycles. The average Bonchev–Trinajstić information content (AvgIpc) is 2.74. The molecule has 1 unspecified atom stereocenters. The third kappa shape index (κ3) is 4.03. The van der Waals surface area contributed by atoms with Crippen LogP contribution in [0.4, 0.5) is 5.69 Å². The van der Waals surface area contributed by atoms with Crippen molar-refractivity contribution in [2.45, 2.75) is 38.3 Å². The Morgan fingerprint density at radius 3 is 2.75 bits per heavy atom. The Hall–Kier alpha value is -1.95. The smallest absolute Gasteiger partial charge is 0.269 e. The van der Waals surface area contributed by atoms with E-state index >= 15 is 0 Å². The highest BCUT2D eigenvalue weighted by Crippen LogP contribution is 2.12. The molecule has 0 spiro atoms. The van der Waals surface area contributed by atoms with Crippen molar-refractivity contribution in [1.82, 2.24) is 10.6 Å². The zero-order valence-corrected chi connectivity index (χ0v) is 11.3. The van der Waals surface area contributed by atoms with Gasteiger partial charge in [0, 0.05) is 18.7 Å². The molecule has 108 valence electrons. The number of nitro benzene ring substituents is 1. The van der Waals surface area contributed by atoms with Crippen LogP contribution in [0, 0.1) is 10.1 Å². The predicted molar refractivity (Wildman–Crippen MR) is 75.2 cm³/mol. The Morgan fingerprint density at radius 2 is 2.05 bits per heavy atom. The summed E-state index contributed by atoms with van der Waals surface area (Å²) in [7, 11) is 0. The third-order valence-electron chi connectivity index (χ3n) is 3.49. The Bertz CT molecular complexity index is 465. The lowest BCUT2D eigenvalue weighted by Gasteiger charge is -2.15. The van der Waals surface area contributed by atoms with Gasteiger partial charge in [0.15, 0.2) is 0 Å². The predicted octanol–water partition coefficient (Wildman–Crippen LogP) is 1.74. The summed E-state index contributed by atoms with van der Waals surface area (Å²) in [5.41, 5.74) is 0.920. The normalized spacial score (nSPS) is 19.1. The highest BCUT2D eigenvalue weighted by atomic mass is 16.6. The fourth-order valence-electron chi connectivity index (χ4n) is 2.30. The molecule has 6 heteroatoms. The van der Waals surface area contributed by atoms with Crippen LogP contribution in [0.5, 0.6) is 0 Å². The molecule has 1 amide bonds. The van der Waals surface area contributed by atoms with Crippen LogP contribution >= 0.6 is 0 Å². The van der Waals surface area contributed by atoms with E-state index in [1.54, 1.807) is 12.1 Å². The van der Waals surface area contributed by atoms with Crippen molar-refractivity contribution in [1.29, 1.82) is 0 Å². The van der Waals surface area contributed by atoms with Crippen LogP contribution in [0.15, 0.2) is 24.3 Å². The minimum Gasteiger partial charge on any atom is -0.351 e. The van der Waals surface area contributed by atoms with E-state index in [1.165, 1.54) is 18.6 Å². The van der Waals surface area contributed by atoms with Gasteiger partial charge in [-0.2, -0.15) is 0 Å². The fourth-order valence-corrected chi connectivity index (χ4v) is 2.30. The molecular weight excluding hydrogens is 258 g/mol. The van der Waals surface area contributed by atoms with E-state index in [0.29, 0.717) is 6.54 Å². The summed E-state index contributed by atoms with van der Waals surface area (Å²) in [5, 5.41) is 16.7. The lowest BCUT2D eigenvalue weighted by Crippen LogP contribution is -2.43. The monoisotopic (exact) mass is 277 g/mol. The number of hydrogen-bond donors (Lipinski definition) is 2. The van der Waals surface area contributed by atoms with Gasteiger partial charge < -0.3 is 10.6 Å². The van der Waals surface area contributed by atoms with Crippen molar-refractivity contribution >= 4 is 11.6 Å².